The lowest BCUT2D eigenvalue weighted by molar-refractivity contribution is -0.143. The molecular weight excluding hydrogens is 328 g/mol. The van der Waals surface area contributed by atoms with Crippen molar-refractivity contribution in [1.29, 1.82) is 0 Å². The lowest BCUT2D eigenvalue weighted by atomic mass is 9.91. The Labute approximate surface area is 154 Å². The second kappa shape index (κ2) is 7.94. The summed E-state index contributed by atoms with van der Waals surface area (Å²) in [6.07, 6.45) is 3.13. The molecule has 1 atom stereocenters. The second-order valence-corrected chi connectivity index (χ2v) is 7.44. The van der Waals surface area contributed by atoms with Crippen LogP contribution in [0.1, 0.15) is 44.9 Å². The second-order valence-electron chi connectivity index (χ2n) is 7.44. The average Bonchev–Trinajstić information content (AvgIpc) is 2.88. The van der Waals surface area contributed by atoms with Crippen LogP contribution >= 0.6 is 0 Å². The normalized spacial score (nSPS) is 16.5. The fraction of sp³-hybridized carbons (Fsp3) is 0.524. The van der Waals surface area contributed by atoms with Gasteiger partial charge in [-0.05, 0) is 43.7 Å². The molecule has 0 saturated heterocycles. The number of nitrogens with zero attached hydrogens (tertiary/aromatic N) is 1. The molecule has 1 heterocycles. The van der Waals surface area contributed by atoms with Gasteiger partial charge in [0.05, 0.1) is 6.61 Å². The predicted octanol–water partition coefficient (Wildman–Crippen LogP) is 3.22. The minimum Gasteiger partial charge on any atom is -0.465 e. The third-order valence-corrected chi connectivity index (χ3v) is 4.93. The standard InChI is InChI=1S/C21H28N2O3/c1-4-26-21(25)13-23-18-8-6-5-7-16(18)17-12-15(9-10-19(17)23)22-20(24)11-14(2)3/h5-8,14-15H,4,9-13H2,1-3H3,(H,22,24)/t15-/m1/s1. The zero-order chi connectivity index (χ0) is 18.7. The van der Waals surface area contributed by atoms with E-state index in [0.717, 1.165) is 24.8 Å². The maximum absolute atomic E-state index is 12.1. The summed E-state index contributed by atoms with van der Waals surface area (Å²) in [4.78, 5) is 24.2. The summed E-state index contributed by atoms with van der Waals surface area (Å²) in [6, 6.07) is 8.35. The predicted molar refractivity (Wildman–Crippen MR) is 102 cm³/mol. The van der Waals surface area contributed by atoms with Gasteiger partial charge in [-0.1, -0.05) is 32.0 Å². The summed E-state index contributed by atoms with van der Waals surface area (Å²) in [5.74, 6) is 0.285. The van der Waals surface area contributed by atoms with Gasteiger partial charge in [0.15, 0.2) is 0 Å². The molecule has 140 valence electrons. The maximum atomic E-state index is 12.1. The van der Waals surface area contributed by atoms with Crippen LogP contribution in [-0.2, 0) is 33.7 Å². The molecule has 5 nitrogen and oxygen atoms in total. The van der Waals surface area contributed by atoms with E-state index in [-0.39, 0.29) is 24.5 Å². The number of aromatic nitrogens is 1. The Kier molecular flexibility index (Phi) is 5.64. The van der Waals surface area contributed by atoms with E-state index in [1.807, 2.05) is 19.1 Å². The highest BCUT2D eigenvalue weighted by atomic mass is 16.5. The summed E-state index contributed by atoms with van der Waals surface area (Å²) in [5.41, 5.74) is 3.53. The molecule has 0 saturated carbocycles. The van der Waals surface area contributed by atoms with E-state index in [9.17, 15) is 9.59 Å². The number of carbonyl (C=O) groups excluding carboxylic acids is 2. The van der Waals surface area contributed by atoms with E-state index < -0.39 is 0 Å². The number of amides is 1. The zero-order valence-corrected chi connectivity index (χ0v) is 15.9. The molecule has 1 N–H and O–H groups in total. The maximum Gasteiger partial charge on any atom is 0.325 e. The van der Waals surface area contributed by atoms with Gasteiger partial charge in [-0.25, -0.2) is 0 Å². The molecule has 1 aliphatic rings. The summed E-state index contributed by atoms with van der Waals surface area (Å²) in [6.45, 7) is 6.58. The third-order valence-electron chi connectivity index (χ3n) is 4.93. The highest BCUT2D eigenvalue weighted by Crippen LogP contribution is 2.32. The Hall–Kier alpha value is -2.30. The van der Waals surface area contributed by atoms with Crippen LogP contribution in [0.15, 0.2) is 24.3 Å². The molecule has 2 aromatic rings. The first-order chi connectivity index (χ1) is 12.5. The Bertz CT molecular complexity index is 807. The molecule has 0 spiro atoms. The van der Waals surface area contributed by atoms with E-state index in [0.29, 0.717) is 18.9 Å². The van der Waals surface area contributed by atoms with Crippen molar-refractivity contribution in [3.05, 3.63) is 35.5 Å². The number of hydrogen-bond acceptors (Lipinski definition) is 3. The highest BCUT2D eigenvalue weighted by molar-refractivity contribution is 5.87. The highest BCUT2D eigenvalue weighted by Gasteiger charge is 2.27. The fourth-order valence-corrected chi connectivity index (χ4v) is 3.90. The van der Waals surface area contributed by atoms with Gasteiger partial charge in [0.1, 0.15) is 6.54 Å². The molecular formula is C21H28N2O3. The van der Waals surface area contributed by atoms with Crippen molar-refractivity contribution in [1.82, 2.24) is 9.88 Å². The minimum absolute atomic E-state index is 0.128. The van der Waals surface area contributed by atoms with Crippen molar-refractivity contribution in [2.45, 2.75) is 59.0 Å². The molecule has 0 fully saturated rings. The molecule has 1 aliphatic carbocycles. The van der Waals surface area contributed by atoms with Gasteiger partial charge in [0, 0.05) is 29.1 Å². The Morgan fingerprint density at radius 1 is 1.31 bits per heavy atom. The smallest absolute Gasteiger partial charge is 0.325 e. The summed E-state index contributed by atoms with van der Waals surface area (Å²) < 4.78 is 7.24. The van der Waals surface area contributed by atoms with Crippen LogP contribution in [0.2, 0.25) is 0 Å². The van der Waals surface area contributed by atoms with Gasteiger partial charge in [-0.2, -0.15) is 0 Å². The van der Waals surface area contributed by atoms with Crippen molar-refractivity contribution in [3.63, 3.8) is 0 Å². The van der Waals surface area contributed by atoms with Crippen molar-refractivity contribution < 1.29 is 14.3 Å². The molecule has 1 amide bonds. The van der Waals surface area contributed by atoms with Gasteiger partial charge in [-0.3, -0.25) is 9.59 Å². The SMILES string of the molecule is CCOC(=O)Cn1c2c(c3ccccc31)C[C@H](NC(=O)CC(C)C)CC2. The molecule has 1 aromatic carbocycles. The first-order valence-electron chi connectivity index (χ1n) is 9.53. The summed E-state index contributed by atoms with van der Waals surface area (Å²) >= 11 is 0. The molecule has 1 aromatic heterocycles. The quantitative estimate of drug-likeness (QED) is 0.809. The van der Waals surface area contributed by atoms with E-state index in [2.05, 4.69) is 35.9 Å². The largest absolute Gasteiger partial charge is 0.465 e. The number of para-hydroxylation sites is 1. The van der Waals surface area contributed by atoms with Gasteiger partial charge in [0.25, 0.3) is 0 Å². The van der Waals surface area contributed by atoms with E-state index in [1.165, 1.54) is 16.6 Å². The number of benzene rings is 1. The van der Waals surface area contributed by atoms with Crippen molar-refractivity contribution in [2.75, 3.05) is 6.61 Å². The zero-order valence-electron chi connectivity index (χ0n) is 15.9. The first-order valence-corrected chi connectivity index (χ1v) is 9.53. The van der Waals surface area contributed by atoms with E-state index >= 15 is 0 Å². The first kappa shape index (κ1) is 18.5. The van der Waals surface area contributed by atoms with Crippen molar-refractivity contribution in [2.24, 2.45) is 5.92 Å². The van der Waals surface area contributed by atoms with Crippen LogP contribution < -0.4 is 5.32 Å². The summed E-state index contributed by atoms with van der Waals surface area (Å²) in [7, 11) is 0. The molecule has 0 unspecified atom stereocenters. The fourth-order valence-electron chi connectivity index (χ4n) is 3.90. The number of hydrogen-bond donors (Lipinski definition) is 1. The average molecular weight is 356 g/mol. The lowest BCUT2D eigenvalue weighted by Gasteiger charge is -2.25. The van der Waals surface area contributed by atoms with Crippen LogP contribution in [0, 0.1) is 5.92 Å². The van der Waals surface area contributed by atoms with Crippen molar-refractivity contribution >= 4 is 22.8 Å². The minimum atomic E-state index is -0.205. The number of fused-ring (bicyclic) bond motifs is 3. The number of rotatable bonds is 6. The van der Waals surface area contributed by atoms with Crippen LogP contribution in [0.4, 0.5) is 0 Å². The van der Waals surface area contributed by atoms with Crippen LogP contribution in [0.25, 0.3) is 10.9 Å². The number of ether oxygens (including phenoxy) is 1. The number of esters is 1. The van der Waals surface area contributed by atoms with Gasteiger partial charge < -0.3 is 14.6 Å². The van der Waals surface area contributed by atoms with Crippen LogP contribution in [0.3, 0.4) is 0 Å². The van der Waals surface area contributed by atoms with Crippen LogP contribution in [0.5, 0.6) is 0 Å². The Balaban J connectivity index is 1.86. The Morgan fingerprint density at radius 2 is 2.08 bits per heavy atom. The third kappa shape index (κ3) is 3.92. The van der Waals surface area contributed by atoms with Gasteiger partial charge in [-0.15, -0.1) is 0 Å². The number of nitrogens with one attached hydrogen (secondary N) is 1. The molecule has 0 bridgehead atoms. The lowest BCUT2D eigenvalue weighted by Crippen LogP contribution is -2.39. The molecule has 0 radical (unpaired) electrons. The molecule has 0 aliphatic heterocycles. The van der Waals surface area contributed by atoms with Crippen molar-refractivity contribution in [3.8, 4) is 0 Å². The topological polar surface area (TPSA) is 60.3 Å². The number of carbonyl (C=O) groups is 2. The van der Waals surface area contributed by atoms with E-state index in [1.54, 1.807) is 0 Å². The van der Waals surface area contributed by atoms with Crippen LogP contribution in [-0.4, -0.2) is 29.1 Å². The van der Waals surface area contributed by atoms with Gasteiger partial charge >= 0.3 is 5.97 Å². The summed E-state index contributed by atoms with van der Waals surface area (Å²) in [5, 5.41) is 4.36. The molecule has 5 heteroatoms. The monoisotopic (exact) mass is 356 g/mol. The Morgan fingerprint density at radius 3 is 2.81 bits per heavy atom. The molecule has 26 heavy (non-hydrogen) atoms. The molecule has 3 rings (SSSR count). The van der Waals surface area contributed by atoms with E-state index in [4.69, 9.17) is 4.74 Å². The van der Waals surface area contributed by atoms with Gasteiger partial charge in [0.2, 0.25) is 5.91 Å².